The highest BCUT2D eigenvalue weighted by Gasteiger charge is 2.07. The summed E-state index contributed by atoms with van der Waals surface area (Å²) in [6, 6.07) is 18.3. The van der Waals surface area contributed by atoms with Gasteiger partial charge in [0, 0.05) is 10.9 Å². The van der Waals surface area contributed by atoms with Crippen molar-refractivity contribution in [2.45, 2.75) is 32.6 Å². The second-order valence-corrected chi connectivity index (χ2v) is 5.63. The molecule has 0 N–H and O–H groups in total. The Hall–Kier alpha value is -2.53. The highest BCUT2D eigenvalue weighted by Crippen LogP contribution is 2.28. The fourth-order valence-electron chi connectivity index (χ4n) is 2.67. The molecular weight excluding hydrogens is 270 g/mol. The lowest BCUT2D eigenvalue weighted by Gasteiger charge is -2.02. The topological polar surface area (TPSA) is 36.9 Å². The summed E-state index contributed by atoms with van der Waals surface area (Å²) in [4.78, 5) is 0. The number of nitrogens with zero attached hydrogens (tertiary/aromatic N) is 1. The summed E-state index contributed by atoms with van der Waals surface area (Å²) in [6.45, 7) is 2.22. The molecule has 0 saturated carbocycles. The first-order valence-electron chi connectivity index (χ1n) is 7.83. The van der Waals surface area contributed by atoms with Crippen molar-refractivity contribution in [2.24, 2.45) is 0 Å². The number of hydrogen-bond acceptors (Lipinski definition) is 2. The number of unbranched alkanes of at least 4 members (excludes halogenated alkanes) is 2. The molecule has 3 aromatic rings. The van der Waals surface area contributed by atoms with Gasteiger partial charge in [-0.2, -0.15) is 5.26 Å². The standard InChI is InChI=1S/C20H19NO/c1-2-3-4-5-15-6-9-17(10-7-15)20-13-18-12-16(14-21)8-11-19(18)22-20/h6-13H,2-5H2,1H3. The van der Waals surface area contributed by atoms with Gasteiger partial charge in [-0.25, -0.2) is 0 Å². The first-order chi connectivity index (χ1) is 10.8. The van der Waals surface area contributed by atoms with Crippen LogP contribution in [0, 0.1) is 11.3 Å². The molecule has 0 spiro atoms. The molecule has 0 saturated heterocycles. The van der Waals surface area contributed by atoms with E-state index in [-0.39, 0.29) is 0 Å². The van der Waals surface area contributed by atoms with Gasteiger partial charge >= 0.3 is 0 Å². The lowest BCUT2D eigenvalue weighted by molar-refractivity contribution is 0.631. The summed E-state index contributed by atoms with van der Waals surface area (Å²) in [6.07, 6.45) is 4.92. The summed E-state index contributed by atoms with van der Waals surface area (Å²) < 4.78 is 5.88. The van der Waals surface area contributed by atoms with Crippen LogP contribution in [0.5, 0.6) is 0 Å². The van der Waals surface area contributed by atoms with E-state index in [9.17, 15) is 0 Å². The second kappa shape index (κ2) is 6.49. The minimum Gasteiger partial charge on any atom is -0.456 e. The van der Waals surface area contributed by atoms with Crippen molar-refractivity contribution in [3.63, 3.8) is 0 Å². The zero-order chi connectivity index (χ0) is 15.4. The predicted molar refractivity (Wildman–Crippen MR) is 89.6 cm³/mol. The number of nitriles is 1. The van der Waals surface area contributed by atoms with E-state index in [1.807, 2.05) is 18.2 Å². The van der Waals surface area contributed by atoms with E-state index in [0.717, 1.165) is 28.7 Å². The maximum absolute atomic E-state index is 8.96. The number of benzene rings is 2. The predicted octanol–water partition coefficient (Wildman–Crippen LogP) is 5.70. The van der Waals surface area contributed by atoms with Crippen LogP contribution in [0.15, 0.2) is 52.9 Å². The normalized spacial score (nSPS) is 10.7. The average Bonchev–Trinajstić information content (AvgIpc) is 2.98. The lowest BCUT2D eigenvalue weighted by atomic mass is 10.0. The highest BCUT2D eigenvalue weighted by atomic mass is 16.3. The molecule has 0 aliphatic rings. The van der Waals surface area contributed by atoms with Gasteiger partial charge in [-0.3, -0.25) is 0 Å². The third-order valence-corrected chi connectivity index (χ3v) is 3.95. The summed E-state index contributed by atoms with van der Waals surface area (Å²) in [5.41, 5.74) is 3.93. The van der Waals surface area contributed by atoms with Gasteiger partial charge in [0.1, 0.15) is 11.3 Å². The minimum absolute atomic E-state index is 0.658. The number of furan rings is 1. The van der Waals surface area contributed by atoms with Crippen molar-refractivity contribution in [3.8, 4) is 17.4 Å². The molecule has 22 heavy (non-hydrogen) atoms. The van der Waals surface area contributed by atoms with Crippen LogP contribution >= 0.6 is 0 Å². The van der Waals surface area contributed by atoms with Crippen molar-refractivity contribution >= 4 is 11.0 Å². The van der Waals surface area contributed by atoms with Crippen molar-refractivity contribution in [2.75, 3.05) is 0 Å². The molecule has 1 heterocycles. The first-order valence-corrected chi connectivity index (χ1v) is 7.83. The minimum atomic E-state index is 0.658. The molecule has 0 aliphatic carbocycles. The van der Waals surface area contributed by atoms with Crippen molar-refractivity contribution in [1.29, 1.82) is 5.26 Å². The van der Waals surface area contributed by atoms with E-state index in [1.165, 1.54) is 24.8 Å². The third kappa shape index (κ3) is 3.04. The van der Waals surface area contributed by atoms with Crippen LogP contribution in [-0.2, 0) is 6.42 Å². The van der Waals surface area contributed by atoms with E-state index in [4.69, 9.17) is 9.68 Å². The molecule has 0 bridgehead atoms. The molecule has 0 unspecified atom stereocenters. The zero-order valence-corrected chi connectivity index (χ0v) is 12.8. The molecular formula is C20H19NO. The van der Waals surface area contributed by atoms with Gasteiger partial charge in [0.15, 0.2) is 0 Å². The van der Waals surface area contributed by atoms with Crippen LogP contribution in [0.3, 0.4) is 0 Å². The van der Waals surface area contributed by atoms with Crippen molar-refractivity contribution < 1.29 is 4.42 Å². The Bertz CT molecular complexity index is 806. The fraction of sp³-hybridized carbons (Fsp3) is 0.250. The molecule has 110 valence electrons. The lowest BCUT2D eigenvalue weighted by Crippen LogP contribution is -1.85. The molecule has 2 aromatic carbocycles. The van der Waals surface area contributed by atoms with Crippen LogP contribution in [0.25, 0.3) is 22.3 Å². The van der Waals surface area contributed by atoms with E-state index in [2.05, 4.69) is 37.3 Å². The Morgan fingerprint density at radius 2 is 1.82 bits per heavy atom. The molecule has 3 rings (SSSR count). The third-order valence-electron chi connectivity index (χ3n) is 3.95. The molecule has 0 aliphatic heterocycles. The Labute approximate surface area is 131 Å². The summed E-state index contributed by atoms with van der Waals surface area (Å²) in [5.74, 6) is 0.852. The smallest absolute Gasteiger partial charge is 0.135 e. The molecule has 0 amide bonds. The maximum Gasteiger partial charge on any atom is 0.135 e. The van der Waals surface area contributed by atoms with E-state index in [0.29, 0.717) is 5.56 Å². The van der Waals surface area contributed by atoms with Crippen molar-refractivity contribution in [3.05, 3.63) is 59.7 Å². The van der Waals surface area contributed by atoms with Gasteiger partial charge in [0.25, 0.3) is 0 Å². The number of rotatable bonds is 5. The molecule has 1 aromatic heterocycles. The zero-order valence-electron chi connectivity index (χ0n) is 12.8. The fourth-order valence-corrected chi connectivity index (χ4v) is 2.67. The highest BCUT2D eigenvalue weighted by molar-refractivity contribution is 5.84. The average molecular weight is 289 g/mol. The van der Waals surface area contributed by atoms with Crippen LogP contribution in [0.1, 0.15) is 37.3 Å². The molecule has 0 atom stereocenters. The van der Waals surface area contributed by atoms with Crippen LogP contribution in [-0.4, -0.2) is 0 Å². The monoisotopic (exact) mass is 289 g/mol. The van der Waals surface area contributed by atoms with Gasteiger partial charge < -0.3 is 4.42 Å². The van der Waals surface area contributed by atoms with E-state index in [1.54, 1.807) is 6.07 Å². The molecule has 2 nitrogen and oxygen atoms in total. The Morgan fingerprint density at radius 3 is 2.55 bits per heavy atom. The van der Waals surface area contributed by atoms with E-state index < -0.39 is 0 Å². The van der Waals surface area contributed by atoms with Gasteiger partial charge in [0.2, 0.25) is 0 Å². The van der Waals surface area contributed by atoms with Gasteiger partial charge in [-0.1, -0.05) is 44.0 Å². The SMILES string of the molecule is CCCCCc1ccc(-c2cc3cc(C#N)ccc3o2)cc1. The van der Waals surface area contributed by atoms with E-state index >= 15 is 0 Å². The van der Waals surface area contributed by atoms with Crippen LogP contribution in [0.2, 0.25) is 0 Å². The molecule has 2 heteroatoms. The summed E-state index contributed by atoms with van der Waals surface area (Å²) in [7, 11) is 0. The van der Waals surface area contributed by atoms with Crippen LogP contribution in [0.4, 0.5) is 0 Å². The Morgan fingerprint density at radius 1 is 1.00 bits per heavy atom. The summed E-state index contributed by atoms with van der Waals surface area (Å²) in [5, 5.41) is 9.93. The quantitative estimate of drug-likeness (QED) is 0.564. The maximum atomic E-state index is 8.96. The van der Waals surface area contributed by atoms with Gasteiger partial charge in [0.05, 0.1) is 11.6 Å². The largest absolute Gasteiger partial charge is 0.456 e. The Balaban J connectivity index is 1.83. The Kier molecular flexibility index (Phi) is 4.25. The van der Waals surface area contributed by atoms with Crippen molar-refractivity contribution in [1.82, 2.24) is 0 Å². The summed E-state index contributed by atoms with van der Waals surface area (Å²) >= 11 is 0. The number of aryl methyl sites for hydroxylation is 1. The number of hydrogen-bond donors (Lipinski definition) is 0. The van der Waals surface area contributed by atoms with Gasteiger partial charge in [-0.05, 0) is 42.7 Å². The van der Waals surface area contributed by atoms with Crippen LogP contribution < -0.4 is 0 Å². The number of fused-ring (bicyclic) bond motifs is 1. The molecule has 0 radical (unpaired) electrons. The second-order valence-electron chi connectivity index (χ2n) is 5.63. The van der Waals surface area contributed by atoms with Gasteiger partial charge in [-0.15, -0.1) is 0 Å². The molecule has 0 fully saturated rings. The first kappa shape index (κ1) is 14.4.